The van der Waals surface area contributed by atoms with Crippen molar-refractivity contribution in [1.82, 2.24) is 15.3 Å². The molecular weight excluding hydrogens is 361 g/mol. The first-order valence-corrected chi connectivity index (χ1v) is 8.21. The van der Waals surface area contributed by atoms with Gasteiger partial charge in [0.05, 0.1) is 31.8 Å². The Bertz CT molecular complexity index is 737. The summed E-state index contributed by atoms with van der Waals surface area (Å²) in [6, 6.07) is 4.68. The third-order valence-electron chi connectivity index (χ3n) is 4.21. The van der Waals surface area contributed by atoms with Gasteiger partial charge in [0.15, 0.2) is 5.69 Å². The highest BCUT2D eigenvalue weighted by Gasteiger charge is 2.15. The summed E-state index contributed by atoms with van der Waals surface area (Å²) >= 11 is 0. The zero-order chi connectivity index (χ0) is 17.6. The van der Waals surface area contributed by atoms with E-state index in [4.69, 9.17) is 4.74 Å². The standard InChI is InChI=1S/C18H20FN3O3.ClH/c1-24-18(23)17-10-21-16(9-22-17)14-3-2-13(8-15(14)19)25-11-12-4-6-20-7-5-12;/h2-3,8-10,12,20H,4-7,11H2,1H3;1H. The Morgan fingerprint density at radius 3 is 2.65 bits per heavy atom. The SMILES string of the molecule is COC(=O)c1cnc(-c2ccc(OCC3CCNCC3)cc2F)cn1.Cl. The maximum atomic E-state index is 14.4. The highest BCUT2D eigenvalue weighted by molar-refractivity contribution is 5.86. The summed E-state index contributed by atoms with van der Waals surface area (Å²) < 4.78 is 24.7. The summed E-state index contributed by atoms with van der Waals surface area (Å²) in [5.41, 5.74) is 0.724. The van der Waals surface area contributed by atoms with Gasteiger partial charge in [-0.15, -0.1) is 12.4 Å². The van der Waals surface area contributed by atoms with E-state index in [2.05, 4.69) is 20.0 Å². The number of nitrogens with one attached hydrogen (secondary N) is 1. The van der Waals surface area contributed by atoms with Crippen molar-refractivity contribution in [2.75, 3.05) is 26.8 Å². The van der Waals surface area contributed by atoms with E-state index in [0.29, 0.717) is 29.5 Å². The van der Waals surface area contributed by atoms with Gasteiger partial charge < -0.3 is 14.8 Å². The minimum Gasteiger partial charge on any atom is -0.493 e. The lowest BCUT2D eigenvalue weighted by Gasteiger charge is -2.22. The van der Waals surface area contributed by atoms with Gasteiger partial charge in [-0.05, 0) is 44.0 Å². The number of aromatic nitrogens is 2. The molecule has 3 rings (SSSR count). The van der Waals surface area contributed by atoms with Crippen molar-refractivity contribution in [1.29, 1.82) is 0 Å². The van der Waals surface area contributed by atoms with Crippen LogP contribution in [0, 0.1) is 11.7 Å². The van der Waals surface area contributed by atoms with Crippen molar-refractivity contribution in [3.63, 3.8) is 0 Å². The number of benzene rings is 1. The normalized spacial score (nSPS) is 14.4. The summed E-state index contributed by atoms with van der Waals surface area (Å²) in [6.45, 7) is 2.59. The van der Waals surface area contributed by atoms with Crippen LogP contribution in [0.2, 0.25) is 0 Å². The second-order valence-electron chi connectivity index (χ2n) is 5.92. The highest BCUT2D eigenvalue weighted by atomic mass is 35.5. The van der Waals surface area contributed by atoms with Crippen LogP contribution in [0.15, 0.2) is 30.6 Å². The molecular formula is C18H21ClFN3O3. The molecule has 0 aliphatic carbocycles. The fraction of sp³-hybridized carbons (Fsp3) is 0.389. The minimum absolute atomic E-state index is 0. The molecule has 0 atom stereocenters. The van der Waals surface area contributed by atoms with Gasteiger partial charge in [0.1, 0.15) is 11.6 Å². The number of hydrogen-bond acceptors (Lipinski definition) is 6. The van der Waals surface area contributed by atoms with Crippen molar-refractivity contribution in [2.45, 2.75) is 12.8 Å². The van der Waals surface area contributed by atoms with E-state index in [1.165, 1.54) is 25.6 Å². The number of carbonyl (C=O) groups excluding carboxylic acids is 1. The van der Waals surface area contributed by atoms with Crippen LogP contribution in [0.1, 0.15) is 23.3 Å². The Kier molecular flexibility index (Phi) is 7.29. The number of rotatable bonds is 5. The van der Waals surface area contributed by atoms with E-state index < -0.39 is 11.8 Å². The lowest BCUT2D eigenvalue weighted by atomic mass is 9.99. The first-order chi connectivity index (χ1) is 12.2. The third kappa shape index (κ3) is 4.89. The molecule has 6 nitrogen and oxygen atoms in total. The van der Waals surface area contributed by atoms with Gasteiger partial charge in [-0.25, -0.2) is 14.2 Å². The Balaban J connectivity index is 0.00000243. The van der Waals surface area contributed by atoms with Crippen LogP contribution in [-0.4, -0.2) is 42.7 Å². The third-order valence-corrected chi connectivity index (χ3v) is 4.21. The number of halogens is 2. The predicted octanol–water partition coefficient (Wildman–Crippen LogP) is 2.87. The van der Waals surface area contributed by atoms with Crippen molar-refractivity contribution in [3.8, 4) is 17.0 Å². The summed E-state index contributed by atoms with van der Waals surface area (Å²) in [6.07, 6.45) is 4.76. The molecule has 0 radical (unpaired) electrons. The summed E-state index contributed by atoms with van der Waals surface area (Å²) in [5, 5.41) is 3.30. The molecule has 1 aliphatic rings. The van der Waals surface area contributed by atoms with Crippen LogP contribution in [0.3, 0.4) is 0 Å². The smallest absolute Gasteiger partial charge is 0.358 e. The maximum Gasteiger partial charge on any atom is 0.358 e. The van der Waals surface area contributed by atoms with E-state index in [-0.39, 0.29) is 18.1 Å². The summed E-state index contributed by atoms with van der Waals surface area (Å²) in [5.74, 6) is -0.0243. The Labute approximate surface area is 157 Å². The van der Waals surface area contributed by atoms with Gasteiger partial charge in [0, 0.05) is 11.6 Å². The van der Waals surface area contributed by atoms with E-state index in [1.54, 1.807) is 12.1 Å². The molecule has 0 saturated carbocycles. The zero-order valence-electron chi connectivity index (χ0n) is 14.4. The van der Waals surface area contributed by atoms with Gasteiger partial charge in [-0.1, -0.05) is 0 Å². The summed E-state index contributed by atoms with van der Waals surface area (Å²) in [7, 11) is 1.26. The molecule has 140 valence electrons. The molecule has 2 heterocycles. The lowest BCUT2D eigenvalue weighted by molar-refractivity contribution is 0.0593. The van der Waals surface area contributed by atoms with E-state index in [9.17, 15) is 9.18 Å². The quantitative estimate of drug-likeness (QED) is 0.803. The number of piperidine rings is 1. The number of ether oxygens (including phenoxy) is 2. The molecule has 1 aromatic carbocycles. The number of esters is 1. The molecule has 0 bridgehead atoms. The van der Waals surface area contributed by atoms with Crippen molar-refractivity contribution >= 4 is 18.4 Å². The van der Waals surface area contributed by atoms with Gasteiger partial charge in [-0.3, -0.25) is 4.98 Å². The second kappa shape index (κ2) is 9.45. The van der Waals surface area contributed by atoms with Gasteiger partial charge >= 0.3 is 5.97 Å². The molecule has 8 heteroatoms. The topological polar surface area (TPSA) is 73.3 Å². The van der Waals surface area contributed by atoms with Crippen LogP contribution < -0.4 is 10.1 Å². The Morgan fingerprint density at radius 1 is 1.27 bits per heavy atom. The average molecular weight is 382 g/mol. The second-order valence-corrected chi connectivity index (χ2v) is 5.92. The van der Waals surface area contributed by atoms with E-state index in [0.717, 1.165) is 25.9 Å². The Morgan fingerprint density at radius 2 is 2.04 bits per heavy atom. The molecule has 2 aromatic rings. The van der Waals surface area contributed by atoms with Crippen molar-refractivity contribution in [3.05, 3.63) is 42.1 Å². The zero-order valence-corrected chi connectivity index (χ0v) is 15.2. The lowest BCUT2D eigenvalue weighted by Crippen LogP contribution is -2.30. The van der Waals surface area contributed by atoms with Crippen molar-refractivity contribution in [2.24, 2.45) is 5.92 Å². The summed E-state index contributed by atoms with van der Waals surface area (Å²) in [4.78, 5) is 19.4. The van der Waals surface area contributed by atoms with Crippen molar-refractivity contribution < 1.29 is 18.7 Å². The molecule has 1 aliphatic heterocycles. The van der Waals surface area contributed by atoms with Gasteiger partial charge in [0.2, 0.25) is 0 Å². The molecule has 1 N–H and O–H groups in total. The largest absolute Gasteiger partial charge is 0.493 e. The molecule has 1 saturated heterocycles. The first kappa shape index (κ1) is 20.1. The maximum absolute atomic E-state index is 14.4. The fourth-order valence-corrected chi connectivity index (χ4v) is 2.73. The predicted molar refractivity (Wildman–Crippen MR) is 97.1 cm³/mol. The first-order valence-electron chi connectivity index (χ1n) is 8.21. The van der Waals surface area contributed by atoms with Gasteiger partial charge in [-0.2, -0.15) is 0 Å². The van der Waals surface area contributed by atoms with Crippen LogP contribution in [0.4, 0.5) is 4.39 Å². The van der Waals surface area contributed by atoms with E-state index in [1.807, 2.05) is 0 Å². The minimum atomic E-state index is -0.582. The van der Waals surface area contributed by atoms with Crippen LogP contribution >= 0.6 is 12.4 Å². The van der Waals surface area contributed by atoms with Gasteiger partial charge in [0.25, 0.3) is 0 Å². The Hall–Kier alpha value is -2.25. The number of methoxy groups -OCH3 is 1. The number of nitrogens with zero attached hydrogens (tertiary/aromatic N) is 2. The average Bonchev–Trinajstić information content (AvgIpc) is 2.67. The van der Waals surface area contributed by atoms with Crippen LogP contribution in [0.5, 0.6) is 5.75 Å². The molecule has 26 heavy (non-hydrogen) atoms. The monoisotopic (exact) mass is 381 g/mol. The molecule has 1 aromatic heterocycles. The van der Waals surface area contributed by atoms with Crippen LogP contribution in [0.25, 0.3) is 11.3 Å². The van der Waals surface area contributed by atoms with Crippen LogP contribution in [-0.2, 0) is 4.74 Å². The number of carbonyl (C=O) groups is 1. The highest BCUT2D eigenvalue weighted by Crippen LogP contribution is 2.25. The molecule has 1 fully saturated rings. The number of hydrogen-bond donors (Lipinski definition) is 1. The fourth-order valence-electron chi connectivity index (χ4n) is 2.73. The molecule has 0 spiro atoms. The van der Waals surface area contributed by atoms with E-state index >= 15 is 0 Å². The molecule has 0 amide bonds. The molecule has 0 unspecified atom stereocenters.